The topological polar surface area (TPSA) is 0 Å². The second-order valence-corrected chi connectivity index (χ2v) is 3.71. The van der Waals surface area contributed by atoms with Gasteiger partial charge in [-0.25, -0.2) is 0 Å². The van der Waals surface area contributed by atoms with Gasteiger partial charge >= 0.3 is 0 Å². The molecule has 0 spiro atoms. The van der Waals surface area contributed by atoms with E-state index < -0.39 is 0 Å². The average Bonchev–Trinajstić information content (AvgIpc) is 1.97. The van der Waals surface area contributed by atoms with E-state index in [1.807, 2.05) is 0 Å². The van der Waals surface area contributed by atoms with E-state index >= 15 is 0 Å². The van der Waals surface area contributed by atoms with Crippen molar-refractivity contribution in [3.05, 3.63) is 12.2 Å². The fraction of sp³-hybridized carbons (Fsp3) is 0.875. The highest BCUT2D eigenvalue weighted by molar-refractivity contribution is 4.80. The third kappa shape index (κ3) is 23.5. The van der Waals surface area contributed by atoms with E-state index in [1.54, 1.807) is 0 Å². The summed E-state index contributed by atoms with van der Waals surface area (Å²) >= 11 is 0. The zero-order valence-corrected chi connectivity index (χ0v) is 8.43. The zero-order valence-electron chi connectivity index (χ0n) is 8.43. The highest BCUT2D eigenvalue weighted by Crippen LogP contribution is 2.18. The van der Waals surface area contributed by atoms with Gasteiger partial charge in [0.1, 0.15) is 0 Å². The molecule has 0 aromatic rings. The first kappa shape index (κ1) is 36.0. The van der Waals surface area contributed by atoms with Gasteiger partial charge in [-0.05, 0) is 31.6 Å². The minimum Gasteiger partial charge on any atom is -0.0917 e. The van der Waals surface area contributed by atoms with Crippen molar-refractivity contribution in [3.63, 3.8) is 0 Å². The number of allylic oxidation sites excluding steroid dienone is 2. The standard InChI is InChI=1S/C11H22.5CH4/c1-5-7-8-11(6-2)9-10(3)4;;;;;/h5,7,10-11H,6,8-9H2,1-4H3;5*1H4. The minimum atomic E-state index is 0. The predicted octanol–water partition coefficient (Wildman–Crippen LogP) is 7.21. The van der Waals surface area contributed by atoms with Crippen molar-refractivity contribution in [1.82, 2.24) is 0 Å². The van der Waals surface area contributed by atoms with Crippen LogP contribution in [0.1, 0.15) is 84.1 Å². The van der Waals surface area contributed by atoms with Gasteiger partial charge in [-0.2, -0.15) is 0 Å². The SMILES string of the molecule is C.C.C.C.C.CC=CCC(CC)CC(C)C. The molecule has 0 rings (SSSR count). The smallest absolute Gasteiger partial charge is 0.0322 e. The van der Waals surface area contributed by atoms with E-state index in [0.29, 0.717) is 0 Å². The Bertz CT molecular complexity index is 101. The molecule has 0 aliphatic carbocycles. The summed E-state index contributed by atoms with van der Waals surface area (Å²) in [6.45, 7) is 9.00. The van der Waals surface area contributed by atoms with E-state index in [2.05, 4.69) is 39.8 Å². The molecule has 1 atom stereocenters. The Labute approximate surface area is 109 Å². The average molecular weight is 235 g/mol. The number of hydrogen-bond donors (Lipinski definition) is 0. The molecule has 0 aromatic heterocycles. The molecule has 0 saturated carbocycles. The molecule has 0 heterocycles. The Balaban J connectivity index is -0.0000000500. The fourth-order valence-corrected chi connectivity index (χ4v) is 1.42. The maximum Gasteiger partial charge on any atom is -0.0322 e. The molecule has 0 saturated heterocycles. The van der Waals surface area contributed by atoms with Crippen LogP contribution in [0, 0.1) is 11.8 Å². The molecule has 1 unspecified atom stereocenters. The van der Waals surface area contributed by atoms with E-state index in [1.165, 1.54) is 19.3 Å². The largest absolute Gasteiger partial charge is 0.0917 e. The van der Waals surface area contributed by atoms with Crippen LogP contribution in [0.4, 0.5) is 0 Å². The maximum absolute atomic E-state index is 2.30. The van der Waals surface area contributed by atoms with Crippen LogP contribution < -0.4 is 0 Å². The molecule has 0 N–H and O–H groups in total. The molecular formula is C16H42. The van der Waals surface area contributed by atoms with Crippen LogP contribution in [0.5, 0.6) is 0 Å². The first-order valence-corrected chi connectivity index (χ1v) is 4.81. The lowest BCUT2D eigenvalue weighted by Gasteiger charge is -2.14. The molecule has 0 nitrogen and oxygen atoms in total. The summed E-state index contributed by atoms with van der Waals surface area (Å²) in [5.74, 6) is 1.76. The molecule has 0 heteroatoms. The van der Waals surface area contributed by atoms with Crippen molar-refractivity contribution < 1.29 is 0 Å². The summed E-state index contributed by atoms with van der Waals surface area (Å²) in [5.41, 5.74) is 0. The van der Waals surface area contributed by atoms with Gasteiger partial charge in [0.2, 0.25) is 0 Å². The fourth-order valence-electron chi connectivity index (χ4n) is 1.42. The normalized spacial score (nSPS) is 10.1. The molecule has 0 aromatic carbocycles. The Morgan fingerprint density at radius 2 is 1.38 bits per heavy atom. The maximum atomic E-state index is 2.30. The molecule has 0 radical (unpaired) electrons. The van der Waals surface area contributed by atoms with Gasteiger partial charge in [0, 0.05) is 0 Å². The molecule has 16 heavy (non-hydrogen) atoms. The van der Waals surface area contributed by atoms with E-state index in [-0.39, 0.29) is 37.1 Å². The van der Waals surface area contributed by atoms with E-state index in [9.17, 15) is 0 Å². The second kappa shape index (κ2) is 24.1. The van der Waals surface area contributed by atoms with Crippen LogP contribution in [0.25, 0.3) is 0 Å². The lowest BCUT2D eigenvalue weighted by molar-refractivity contribution is 0.402. The highest BCUT2D eigenvalue weighted by Gasteiger charge is 2.05. The van der Waals surface area contributed by atoms with Crippen LogP contribution in [0.3, 0.4) is 0 Å². The van der Waals surface area contributed by atoms with Gasteiger partial charge in [0.15, 0.2) is 0 Å². The van der Waals surface area contributed by atoms with Gasteiger partial charge < -0.3 is 0 Å². The summed E-state index contributed by atoms with van der Waals surface area (Å²) in [4.78, 5) is 0. The Hall–Kier alpha value is -0.260. The molecular weight excluding hydrogens is 192 g/mol. The van der Waals surface area contributed by atoms with E-state index in [0.717, 1.165) is 11.8 Å². The lowest BCUT2D eigenvalue weighted by atomic mass is 9.92. The van der Waals surface area contributed by atoms with Crippen LogP contribution in [0.15, 0.2) is 12.2 Å². The van der Waals surface area contributed by atoms with Gasteiger partial charge in [-0.15, -0.1) is 0 Å². The predicted molar refractivity (Wildman–Crippen MR) is 86.3 cm³/mol. The summed E-state index contributed by atoms with van der Waals surface area (Å²) in [7, 11) is 0. The van der Waals surface area contributed by atoms with Crippen molar-refractivity contribution >= 4 is 0 Å². The third-order valence-electron chi connectivity index (χ3n) is 2.09. The summed E-state index contributed by atoms with van der Waals surface area (Å²) in [6.07, 6.45) is 8.41. The zero-order chi connectivity index (χ0) is 8.69. The minimum absolute atomic E-state index is 0. The van der Waals surface area contributed by atoms with E-state index in [4.69, 9.17) is 0 Å². The summed E-state index contributed by atoms with van der Waals surface area (Å²) in [6, 6.07) is 0. The van der Waals surface area contributed by atoms with Crippen LogP contribution in [-0.2, 0) is 0 Å². The quantitative estimate of drug-likeness (QED) is 0.441. The van der Waals surface area contributed by atoms with Gasteiger partial charge in [-0.1, -0.05) is 76.5 Å². The molecule has 0 fully saturated rings. The summed E-state index contributed by atoms with van der Waals surface area (Å²) < 4.78 is 0. The van der Waals surface area contributed by atoms with Crippen LogP contribution in [0.2, 0.25) is 0 Å². The van der Waals surface area contributed by atoms with Crippen LogP contribution in [-0.4, -0.2) is 0 Å². The number of hydrogen-bond acceptors (Lipinski definition) is 0. The highest BCUT2D eigenvalue weighted by atomic mass is 14.1. The van der Waals surface area contributed by atoms with Gasteiger partial charge in [0.25, 0.3) is 0 Å². The van der Waals surface area contributed by atoms with Crippen molar-refractivity contribution in [2.45, 2.75) is 84.1 Å². The lowest BCUT2D eigenvalue weighted by Crippen LogP contribution is -2.01. The van der Waals surface area contributed by atoms with Crippen molar-refractivity contribution in [3.8, 4) is 0 Å². The first-order chi connectivity index (χ1) is 5.20. The molecule has 0 aliphatic rings. The van der Waals surface area contributed by atoms with Crippen molar-refractivity contribution in [2.24, 2.45) is 11.8 Å². The molecule has 106 valence electrons. The molecule has 0 aliphatic heterocycles. The Kier molecular flexibility index (Phi) is 54.4. The van der Waals surface area contributed by atoms with Gasteiger partial charge in [0.05, 0.1) is 0 Å². The van der Waals surface area contributed by atoms with Crippen molar-refractivity contribution in [1.29, 1.82) is 0 Å². The monoisotopic (exact) mass is 234 g/mol. The third-order valence-corrected chi connectivity index (χ3v) is 2.09. The number of rotatable bonds is 5. The van der Waals surface area contributed by atoms with Gasteiger partial charge in [-0.3, -0.25) is 0 Å². The Morgan fingerprint density at radius 3 is 1.62 bits per heavy atom. The first-order valence-electron chi connectivity index (χ1n) is 4.81. The van der Waals surface area contributed by atoms with Crippen molar-refractivity contribution in [2.75, 3.05) is 0 Å². The molecule has 0 amide bonds. The molecule has 0 bridgehead atoms. The van der Waals surface area contributed by atoms with Crippen LogP contribution >= 0.6 is 0 Å². The Morgan fingerprint density at radius 1 is 0.938 bits per heavy atom. The summed E-state index contributed by atoms with van der Waals surface area (Å²) in [5, 5.41) is 0. The second-order valence-electron chi connectivity index (χ2n) is 3.71.